The highest BCUT2D eigenvalue weighted by Gasteiger charge is 2.12. The Morgan fingerprint density at radius 1 is 0.955 bits per heavy atom. The fraction of sp³-hybridized carbons (Fsp3) is 0.222. The number of rotatable bonds is 5. The Labute approximate surface area is 127 Å². The molecule has 0 bridgehead atoms. The van der Waals surface area contributed by atoms with Crippen LogP contribution in [0.15, 0.2) is 48.6 Å². The molecule has 0 radical (unpaired) electrons. The third-order valence-electron chi connectivity index (χ3n) is 3.43. The second-order valence-electron chi connectivity index (χ2n) is 5.06. The fourth-order valence-corrected chi connectivity index (χ4v) is 2.30. The molecule has 0 spiro atoms. The summed E-state index contributed by atoms with van der Waals surface area (Å²) in [6, 6.07) is 9.81. The molecule has 0 nitrogen and oxygen atoms in total. The molecule has 0 saturated carbocycles. The van der Waals surface area contributed by atoms with Gasteiger partial charge in [0.25, 0.3) is 6.08 Å². The molecule has 2 rings (SSSR count). The number of halogens is 4. The highest BCUT2D eigenvalue weighted by Crippen LogP contribution is 2.26. The molecule has 0 atom stereocenters. The summed E-state index contributed by atoms with van der Waals surface area (Å²) in [5.41, 5.74) is 1.90. The molecule has 0 aliphatic carbocycles. The highest BCUT2D eigenvalue weighted by atomic mass is 19.3. The molecule has 4 heteroatoms. The zero-order valence-electron chi connectivity index (χ0n) is 12.2. The molecule has 22 heavy (non-hydrogen) atoms. The quantitative estimate of drug-likeness (QED) is 0.603. The minimum atomic E-state index is -1.95. The van der Waals surface area contributed by atoms with E-state index in [1.165, 1.54) is 12.1 Å². The van der Waals surface area contributed by atoms with Crippen molar-refractivity contribution in [2.24, 2.45) is 0 Å². The number of allylic oxidation sites excluding steroid dienone is 1. The Kier molecular flexibility index (Phi) is 5.36. The molecule has 0 aromatic heterocycles. The maximum atomic E-state index is 13.9. The third-order valence-corrected chi connectivity index (χ3v) is 3.43. The van der Waals surface area contributed by atoms with Crippen LogP contribution in [0.5, 0.6) is 0 Å². The van der Waals surface area contributed by atoms with Crippen LogP contribution in [0.25, 0.3) is 11.1 Å². The van der Waals surface area contributed by atoms with Gasteiger partial charge in [0, 0.05) is 12.0 Å². The number of aryl methyl sites for hydroxylation is 1. The number of hydrogen-bond acceptors (Lipinski definition) is 0. The molecule has 0 saturated heterocycles. The molecule has 116 valence electrons. The van der Waals surface area contributed by atoms with E-state index >= 15 is 0 Å². The molecule has 0 amide bonds. The van der Waals surface area contributed by atoms with E-state index in [4.69, 9.17) is 0 Å². The Morgan fingerprint density at radius 2 is 1.55 bits per heavy atom. The molecule has 0 aliphatic rings. The largest absolute Gasteiger partial charge is 0.266 e. The Balaban J connectivity index is 2.31. The van der Waals surface area contributed by atoms with Gasteiger partial charge in [0.2, 0.25) is 0 Å². The lowest BCUT2D eigenvalue weighted by Gasteiger charge is -2.08. The van der Waals surface area contributed by atoms with Gasteiger partial charge in [-0.25, -0.2) is 8.78 Å². The number of hydrogen-bond donors (Lipinski definition) is 0. The van der Waals surface area contributed by atoms with Crippen molar-refractivity contribution in [3.8, 4) is 11.1 Å². The Morgan fingerprint density at radius 3 is 2.05 bits per heavy atom. The van der Waals surface area contributed by atoms with Gasteiger partial charge in [-0.15, -0.1) is 0 Å². The van der Waals surface area contributed by atoms with Crippen molar-refractivity contribution in [3.63, 3.8) is 0 Å². The van der Waals surface area contributed by atoms with Gasteiger partial charge in [-0.05, 0) is 41.3 Å². The predicted molar refractivity (Wildman–Crippen MR) is 79.8 cm³/mol. The standard InChI is InChI=1S/C18H16F4/c1-2-3-12-4-6-13(7-5-12)14-10-16(19)15(17(20)11-14)8-9-18(21)22/h4-7,9-11H,2-3,8H2,1H3. The topological polar surface area (TPSA) is 0 Å². The normalized spacial score (nSPS) is 10.6. The van der Waals surface area contributed by atoms with E-state index in [2.05, 4.69) is 6.92 Å². The van der Waals surface area contributed by atoms with Crippen molar-refractivity contribution in [1.82, 2.24) is 0 Å². The predicted octanol–water partition coefficient (Wildman–Crippen LogP) is 5.91. The summed E-state index contributed by atoms with van der Waals surface area (Å²) in [7, 11) is 0. The van der Waals surface area contributed by atoms with Crippen LogP contribution in [0.2, 0.25) is 0 Å². The van der Waals surface area contributed by atoms with Crippen molar-refractivity contribution in [2.75, 3.05) is 0 Å². The fourth-order valence-electron chi connectivity index (χ4n) is 2.30. The summed E-state index contributed by atoms with van der Waals surface area (Å²) in [6.07, 6.45) is 0.0597. The summed E-state index contributed by atoms with van der Waals surface area (Å²) in [6.45, 7) is 2.08. The van der Waals surface area contributed by atoms with E-state index in [9.17, 15) is 17.6 Å². The van der Waals surface area contributed by atoms with Gasteiger partial charge in [-0.3, -0.25) is 0 Å². The lowest BCUT2D eigenvalue weighted by molar-refractivity contribution is 0.418. The van der Waals surface area contributed by atoms with Crippen LogP contribution in [-0.4, -0.2) is 0 Å². The van der Waals surface area contributed by atoms with Crippen LogP contribution in [0, 0.1) is 11.6 Å². The van der Waals surface area contributed by atoms with Crippen molar-refractivity contribution in [3.05, 3.63) is 71.3 Å². The van der Waals surface area contributed by atoms with Crippen LogP contribution < -0.4 is 0 Å². The molecule has 0 fully saturated rings. The zero-order chi connectivity index (χ0) is 16.1. The second-order valence-corrected chi connectivity index (χ2v) is 5.06. The summed E-state index contributed by atoms with van der Waals surface area (Å²) in [4.78, 5) is 0. The van der Waals surface area contributed by atoms with Crippen molar-refractivity contribution >= 4 is 0 Å². The van der Waals surface area contributed by atoms with Gasteiger partial charge in [0.1, 0.15) is 11.6 Å². The average Bonchev–Trinajstić information content (AvgIpc) is 2.47. The van der Waals surface area contributed by atoms with Crippen molar-refractivity contribution in [1.29, 1.82) is 0 Å². The first-order chi connectivity index (χ1) is 10.5. The molecule has 0 unspecified atom stereocenters. The zero-order valence-corrected chi connectivity index (χ0v) is 12.2. The smallest absolute Gasteiger partial charge is 0.207 e. The van der Waals surface area contributed by atoms with Gasteiger partial charge in [0.15, 0.2) is 0 Å². The van der Waals surface area contributed by atoms with Crippen LogP contribution in [-0.2, 0) is 12.8 Å². The SMILES string of the molecule is CCCc1ccc(-c2cc(F)c(CC=C(F)F)c(F)c2)cc1. The first-order valence-corrected chi connectivity index (χ1v) is 7.09. The van der Waals surface area contributed by atoms with Crippen molar-refractivity contribution in [2.45, 2.75) is 26.2 Å². The summed E-state index contributed by atoms with van der Waals surface area (Å²) >= 11 is 0. The van der Waals surface area contributed by atoms with Crippen LogP contribution in [0.1, 0.15) is 24.5 Å². The molecular formula is C18H16F4. The molecule has 2 aromatic rings. The molecular weight excluding hydrogens is 292 g/mol. The minimum Gasteiger partial charge on any atom is -0.207 e. The van der Waals surface area contributed by atoms with E-state index < -0.39 is 24.1 Å². The van der Waals surface area contributed by atoms with Crippen LogP contribution in [0.4, 0.5) is 17.6 Å². The van der Waals surface area contributed by atoms with E-state index in [1.807, 2.05) is 12.1 Å². The maximum absolute atomic E-state index is 13.9. The van der Waals surface area contributed by atoms with E-state index in [1.54, 1.807) is 12.1 Å². The monoisotopic (exact) mass is 308 g/mol. The molecule has 0 N–H and O–H groups in total. The lowest BCUT2D eigenvalue weighted by atomic mass is 9.99. The van der Waals surface area contributed by atoms with E-state index in [0.29, 0.717) is 17.2 Å². The summed E-state index contributed by atoms with van der Waals surface area (Å²) in [5, 5.41) is 0. The average molecular weight is 308 g/mol. The van der Waals surface area contributed by atoms with Gasteiger partial charge in [0.05, 0.1) is 0 Å². The summed E-state index contributed by atoms with van der Waals surface area (Å²) in [5.74, 6) is -1.63. The van der Waals surface area contributed by atoms with Crippen LogP contribution >= 0.6 is 0 Å². The van der Waals surface area contributed by atoms with Gasteiger partial charge < -0.3 is 0 Å². The van der Waals surface area contributed by atoms with Crippen LogP contribution in [0.3, 0.4) is 0 Å². The summed E-state index contributed by atoms with van der Waals surface area (Å²) < 4.78 is 52.0. The number of benzene rings is 2. The third kappa shape index (κ3) is 3.97. The highest BCUT2D eigenvalue weighted by molar-refractivity contribution is 5.64. The van der Waals surface area contributed by atoms with Gasteiger partial charge in [-0.2, -0.15) is 8.78 Å². The first kappa shape index (κ1) is 16.3. The first-order valence-electron chi connectivity index (χ1n) is 7.09. The second kappa shape index (κ2) is 7.25. The van der Waals surface area contributed by atoms with Gasteiger partial charge in [-0.1, -0.05) is 37.6 Å². The van der Waals surface area contributed by atoms with E-state index in [-0.39, 0.29) is 5.56 Å². The van der Waals surface area contributed by atoms with E-state index in [0.717, 1.165) is 18.4 Å². The minimum absolute atomic E-state index is 0.348. The molecule has 0 heterocycles. The maximum Gasteiger partial charge on any atom is 0.266 e. The lowest BCUT2D eigenvalue weighted by Crippen LogP contribution is -1.96. The molecule has 2 aromatic carbocycles. The Bertz CT molecular complexity index is 645. The van der Waals surface area contributed by atoms with Crippen molar-refractivity contribution < 1.29 is 17.6 Å². The van der Waals surface area contributed by atoms with Gasteiger partial charge >= 0.3 is 0 Å². The Hall–Kier alpha value is -2.10. The molecule has 0 aliphatic heterocycles.